The lowest BCUT2D eigenvalue weighted by molar-refractivity contribution is 0.0527. The number of ether oxygens (including phenoxy) is 1. The standard InChI is InChI=1S/C9H15N3O4S/c1-4-16-9(13)8-6(2)11-5-7(8)12-17(14,15)10-3/h5,10-12H,4H2,1-3H3. The van der Waals surface area contributed by atoms with E-state index in [2.05, 4.69) is 14.4 Å². The van der Waals surface area contributed by atoms with Gasteiger partial charge in [-0.3, -0.25) is 4.72 Å². The zero-order valence-corrected chi connectivity index (χ0v) is 10.6. The molecule has 0 atom stereocenters. The molecule has 0 saturated heterocycles. The highest BCUT2D eigenvalue weighted by Crippen LogP contribution is 2.21. The van der Waals surface area contributed by atoms with E-state index in [9.17, 15) is 13.2 Å². The Hall–Kier alpha value is -1.54. The monoisotopic (exact) mass is 261 g/mol. The lowest BCUT2D eigenvalue weighted by Gasteiger charge is -2.07. The summed E-state index contributed by atoms with van der Waals surface area (Å²) in [7, 11) is -2.39. The fraction of sp³-hybridized carbons (Fsp3) is 0.444. The van der Waals surface area contributed by atoms with Crippen molar-refractivity contribution < 1.29 is 17.9 Å². The molecule has 7 nitrogen and oxygen atoms in total. The predicted octanol–water partition coefficient (Wildman–Crippen LogP) is 0.376. The van der Waals surface area contributed by atoms with Gasteiger partial charge in [-0.2, -0.15) is 8.42 Å². The maximum Gasteiger partial charge on any atom is 0.342 e. The summed E-state index contributed by atoms with van der Waals surface area (Å²) < 4.78 is 31.8. The molecule has 1 rings (SSSR count). The number of aromatic nitrogens is 1. The Bertz CT molecular complexity index is 506. The van der Waals surface area contributed by atoms with Crippen LogP contribution in [0.15, 0.2) is 6.20 Å². The number of hydrogen-bond acceptors (Lipinski definition) is 4. The summed E-state index contributed by atoms with van der Waals surface area (Å²) in [6, 6.07) is 0. The third-order valence-electron chi connectivity index (χ3n) is 2.07. The van der Waals surface area contributed by atoms with Gasteiger partial charge in [-0.1, -0.05) is 0 Å². The van der Waals surface area contributed by atoms with E-state index in [0.29, 0.717) is 5.69 Å². The Morgan fingerprint density at radius 2 is 2.18 bits per heavy atom. The molecular formula is C9H15N3O4S. The maximum atomic E-state index is 11.6. The van der Waals surface area contributed by atoms with Crippen LogP contribution in [-0.4, -0.2) is 33.0 Å². The Kier molecular flexibility index (Phi) is 4.13. The van der Waals surface area contributed by atoms with Crippen molar-refractivity contribution >= 4 is 21.9 Å². The molecule has 0 aliphatic rings. The molecule has 0 radical (unpaired) electrons. The molecule has 0 fully saturated rings. The molecule has 0 spiro atoms. The average molecular weight is 261 g/mol. The van der Waals surface area contributed by atoms with Crippen LogP contribution in [0.5, 0.6) is 0 Å². The van der Waals surface area contributed by atoms with Crippen LogP contribution in [0.3, 0.4) is 0 Å². The van der Waals surface area contributed by atoms with Crippen molar-refractivity contribution in [3.8, 4) is 0 Å². The van der Waals surface area contributed by atoms with Crippen molar-refractivity contribution in [2.75, 3.05) is 18.4 Å². The molecule has 0 aliphatic carbocycles. The van der Waals surface area contributed by atoms with Crippen molar-refractivity contribution in [2.24, 2.45) is 0 Å². The molecule has 1 aromatic rings. The van der Waals surface area contributed by atoms with Crippen LogP contribution in [0.2, 0.25) is 0 Å². The highest BCUT2D eigenvalue weighted by Gasteiger charge is 2.20. The van der Waals surface area contributed by atoms with Crippen LogP contribution in [0.1, 0.15) is 23.0 Å². The minimum Gasteiger partial charge on any atom is -0.462 e. The molecule has 0 amide bonds. The Balaban J connectivity index is 3.06. The van der Waals surface area contributed by atoms with Gasteiger partial charge < -0.3 is 9.72 Å². The Labute approximate surface area is 99.7 Å². The first-order valence-electron chi connectivity index (χ1n) is 4.97. The molecular weight excluding hydrogens is 246 g/mol. The summed E-state index contributed by atoms with van der Waals surface area (Å²) in [5, 5.41) is 0. The van der Waals surface area contributed by atoms with Crippen LogP contribution in [-0.2, 0) is 14.9 Å². The minimum absolute atomic E-state index is 0.162. The zero-order chi connectivity index (χ0) is 13.1. The van der Waals surface area contributed by atoms with Gasteiger partial charge in [0.1, 0.15) is 5.56 Å². The second kappa shape index (κ2) is 5.19. The topological polar surface area (TPSA) is 100 Å². The fourth-order valence-electron chi connectivity index (χ4n) is 1.27. The molecule has 0 aromatic carbocycles. The van der Waals surface area contributed by atoms with Crippen molar-refractivity contribution in [3.63, 3.8) is 0 Å². The van der Waals surface area contributed by atoms with Crippen molar-refractivity contribution in [2.45, 2.75) is 13.8 Å². The van der Waals surface area contributed by atoms with E-state index in [0.717, 1.165) is 0 Å². The van der Waals surface area contributed by atoms with Gasteiger partial charge >= 0.3 is 5.97 Å². The smallest absolute Gasteiger partial charge is 0.342 e. The lowest BCUT2D eigenvalue weighted by Crippen LogP contribution is -2.27. The number of nitrogens with one attached hydrogen (secondary N) is 3. The van der Waals surface area contributed by atoms with E-state index in [1.54, 1.807) is 13.8 Å². The number of anilines is 1. The molecule has 0 bridgehead atoms. The number of esters is 1. The number of hydrogen-bond donors (Lipinski definition) is 3. The largest absolute Gasteiger partial charge is 0.462 e. The molecule has 8 heteroatoms. The highest BCUT2D eigenvalue weighted by atomic mass is 32.2. The normalized spacial score (nSPS) is 11.2. The van der Waals surface area contributed by atoms with E-state index >= 15 is 0 Å². The fourth-order valence-corrected chi connectivity index (χ4v) is 1.82. The number of carbonyl (C=O) groups is 1. The van der Waals surface area contributed by atoms with Crippen LogP contribution in [0.25, 0.3) is 0 Å². The number of rotatable bonds is 5. The first-order valence-corrected chi connectivity index (χ1v) is 6.46. The van der Waals surface area contributed by atoms with Crippen molar-refractivity contribution in [3.05, 3.63) is 17.5 Å². The van der Waals surface area contributed by atoms with Crippen molar-refractivity contribution in [1.82, 2.24) is 9.71 Å². The second-order valence-electron chi connectivity index (χ2n) is 3.23. The first-order chi connectivity index (χ1) is 7.91. The van der Waals surface area contributed by atoms with Gasteiger partial charge in [0.25, 0.3) is 10.2 Å². The quantitative estimate of drug-likeness (QED) is 0.667. The Morgan fingerprint density at radius 1 is 1.53 bits per heavy atom. The summed E-state index contributed by atoms with van der Waals surface area (Å²) >= 11 is 0. The molecule has 17 heavy (non-hydrogen) atoms. The summed E-state index contributed by atoms with van der Waals surface area (Å²) in [4.78, 5) is 14.4. The van der Waals surface area contributed by atoms with E-state index in [4.69, 9.17) is 4.74 Å². The van der Waals surface area contributed by atoms with Gasteiger partial charge in [-0.25, -0.2) is 9.52 Å². The summed E-state index contributed by atoms with van der Waals surface area (Å²) in [6.45, 7) is 3.56. The molecule has 3 N–H and O–H groups in total. The highest BCUT2D eigenvalue weighted by molar-refractivity contribution is 7.90. The van der Waals surface area contributed by atoms with E-state index in [-0.39, 0.29) is 17.9 Å². The number of H-pyrrole nitrogens is 1. The number of aryl methyl sites for hydroxylation is 1. The third kappa shape index (κ3) is 3.21. The SMILES string of the molecule is CCOC(=O)c1c(NS(=O)(=O)NC)c[nH]c1C. The minimum atomic E-state index is -3.66. The molecule has 0 saturated carbocycles. The van der Waals surface area contributed by atoms with Crippen LogP contribution < -0.4 is 9.44 Å². The molecule has 96 valence electrons. The van der Waals surface area contributed by atoms with Crippen LogP contribution in [0.4, 0.5) is 5.69 Å². The van der Waals surface area contributed by atoms with Gasteiger partial charge in [-0.15, -0.1) is 0 Å². The van der Waals surface area contributed by atoms with Gasteiger partial charge in [0.2, 0.25) is 0 Å². The average Bonchev–Trinajstić information content (AvgIpc) is 2.59. The number of aromatic amines is 1. The molecule has 1 heterocycles. The van der Waals surface area contributed by atoms with Gasteiger partial charge in [0, 0.05) is 18.9 Å². The summed E-state index contributed by atoms with van der Waals surface area (Å²) in [5.41, 5.74) is 0.887. The first kappa shape index (κ1) is 13.5. The molecule has 0 unspecified atom stereocenters. The number of carbonyl (C=O) groups excluding carboxylic acids is 1. The zero-order valence-electron chi connectivity index (χ0n) is 9.83. The predicted molar refractivity (Wildman–Crippen MR) is 63.1 cm³/mol. The lowest BCUT2D eigenvalue weighted by atomic mass is 10.2. The van der Waals surface area contributed by atoms with E-state index < -0.39 is 16.2 Å². The van der Waals surface area contributed by atoms with Gasteiger partial charge in [0.15, 0.2) is 0 Å². The van der Waals surface area contributed by atoms with E-state index in [1.807, 2.05) is 0 Å². The Morgan fingerprint density at radius 3 is 2.71 bits per heavy atom. The van der Waals surface area contributed by atoms with Crippen LogP contribution in [0, 0.1) is 6.92 Å². The van der Waals surface area contributed by atoms with Crippen molar-refractivity contribution in [1.29, 1.82) is 0 Å². The molecule has 0 aliphatic heterocycles. The third-order valence-corrected chi connectivity index (χ3v) is 3.10. The van der Waals surface area contributed by atoms with Crippen LogP contribution >= 0.6 is 0 Å². The van der Waals surface area contributed by atoms with Gasteiger partial charge in [-0.05, 0) is 13.8 Å². The van der Waals surface area contributed by atoms with E-state index in [1.165, 1.54) is 13.2 Å². The summed E-state index contributed by atoms with van der Waals surface area (Å²) in [5.74, 6) is -0.569. The summed E-state index contributed by atoms with van der Waals surface area (Å²) in [6.07, 6.45) is 1.40. The maximum absolute atomic E-state index is 11.6. The second-order valence-corrected chi connectivity index (χ2v) is 4.85. The molecule has 1 aromatic heterocycles. The van der Waals surface area contributed by atoms with Gasteiger partial charge in [0.05, 0.1) is 12.3 Å².